The van der Waals surface area contributed by atoms with Crippen LogP contribution >= 0.6 is 0 Å². The Kier molecular flexibility index (Phi) is 39.0. The molecule has 12 fully saturated rings. The Morgan fingerprint density at radius 3 is 0.451 bits per heavy atom. The van der Waals surface area contributed by atoms with E-state index in [2.05, 4.69) is 0 Å². The maximum atomic E-state index is 11.7. The molecule has 1 unspecified atom stereocenters. The minimum absolute atomic E-state index is 0.920. The third-order valence-corrected chi connectivity index (χ3v) is 25.1. The lowest BCUT2D eigenvalue weighted by molar-refractivity contribution is -0.401. The second-order valence-corrected chi connectivity index (χ2v) is 33.7. The molecule has 133 heavy (non-hydrogen) atoms. The van der Waals surface area contributed by atoms with Gasteiger partial charge in [0.15, 0.2) is 75.5 Å². The lowest BCUT2D eigenvalue weighted by atomic mass is 9.95. The van der Waals surface area contributed by atoms with Gasteiger partial charge in [-0.25, -0.2) is 0 Å². The van der Waals surface area contributed by atoms with Crippen molar-refractivity contribution in [3.05, 3.63) is 0 Å². The van der Waals surface area contributed by atoms with Gasteiger partial charge in [-0.1, -0.05) is 0 Å². The first-order valence-corrected chi connectivity index (χ1v) is 42.2. The van der Waals surface area contributed by atoms with Crippen molar-refractivity contribution in [2.45, 2.75) is 368 Å². The minimum Gasteiger partial charge on any atom is -0.394 e. The zero-order valence-corrected chi connectivity index (χ0v) is 69.5. The maximum Gasteiger partial charge on any atom is 0.187 e. The van der Waals surface area contributed by atoms with Crippen molar-refractivity contribution in [3.8, 4) is 0 Å². The van der Waals surface area contributed by atoms with Gasteiger partial charge < -0.3 is 303 Å². The quantitative estimate of drug-likeness (QED) is 0.0284. The van der Waals surface area contributed by atoms with E-state index in [4.69, 9.17) is 109 Å². The summed E-state index contributed by atoms with van der Waals surface area (Å²) in [5.41, 5.74) is 0. The van der Waals surface area contributed by atoms with Crippen LogP contribution < -0.4 is 0 Å². The van der Waals surface area contributed by atoms with Gasteiger partial charge in [-0.2, -0.15) is 0 Å². The van der Waals surface area contributed by atoms with E-state index in [0.29, 0.717) is 0 Å². The molecule has 0 aromatic rings. The Hall–Kier alpha value is -2.44. The zero-order chi connectivity index (χ0) is 97.4. The van der Waals surface area contributed by atoms with Crippen molar-refractivity contribution >= 4 is 0 Å². The summed E-state index contributed by atoms with van der Waals surface area (Å²) in [5, 5.41) is 414. The number of aliphatic hydroxyl groups excluding tert-OH is 38. The molecule has 0 saturated carbocycles. The summed E-state index contributed by atoms with van der Waals surface area (Å²) in [7, 11) is 0. The number of hydrogen-bond acceptors (Lipinski definition) is 61. The van der Waals surface area contributed by atoms with Crippen molar-refractivity contribution in [3.63, 3.8) is 0 Å². The Balaban J connectivity index is 0.639. The Labute approximate surface area is 748 Å². The number of aliphatic hydroxyl groups is 38. The number of ether oxygens (including phenoxy) is 23. The molecule has 12 rings (SSSR count). The largest absolute Gasteiger partial charge is 0.394 e. The van der Waals surface area contributed by atoms with E-state index in [1.807, 2.05) is 0 Å². The molecule has 60 atom stereocenters. The normalized spacial score (nSPS) is 53.8. The van der Waals surface area contributed by atoms with Crippen LogP contribution in [0.1, 0.15) is 0 Å². The average Bonchev–Trinajstić information content (AvgIpc) is 0.770. The van der Waals surface area contributed by atoms with E-state index in [9.17, 15) is 194 Å². The van der Waals surface area contributed by atoms with E-state index >= 15 is 0 Å². The maximum absolute atomic E-state index is 11.7. The molecule has 12 aliphatic rings. The molecule has 12 aliphatic heterocycles. The fourth-order valence-corrected chi connectivity index (χ4v) is 17.2. The monoisotopic (exact) mass is 1960 g/mol. The van der Waals surface area contributed by atoms with Gasteiger partial charge in [0.05, 0.1) is 79.3 Å². The molecule has 0 aliphatic carbocycles. The first-order valence-electron chi connectivity index (χ1n) is 42.2. The van der Waals surface area contributed by atoms with Crippen LogP contribution in [0.15, 0.2) is 0 Å². The highest BCUT2D eigenvalue weighted by molar-refractivity contribution is 5.05. The van der Waals surface area contributed by atoms with Crippen molar-refractivity contribution in [1.82, 2.24) is 0 Å². The smallest absolute Gasteiger partial charge is 0.187 e. The van der Waals surface area contributed by atoms with Crippen molar-refractivity contribution < 1.29 is 303 Å². The van der Waals surface area contributed by atoms with E-state index in [-0.39, 0.29) is 0 Å². The third kappa shape index (κ3) is 22.9. The van der Waals surface area contributed by atoms with E-state index in [1.165, 1.54) is 0 Å². The predicted octanol–water partition coefficient (Wildman–Crippen LogP) is -27.2. The summed E-state index contributed by atoms with van der Waals surface area (Å²) >= 11 is 0. The van der Waals surface area contributed by atoms with Crippen LogP contribution in [0, 0.1) is 0 Å². The highest BCUT2D eigenvalue weighted by atomic mass is 16.8. The fraction of sp³-hybridized carbons (Fsp3) is 1.00. The molecule has 0 aromatic carbocycles. The van der Waals surface area contributed by atoms with Gasteiger partial charge in [0.25, 0.3) is 0 Å². The predicted molar refractivity (Wildman–Crippen MR) is 395 cm³/mol. The minimum atomic E-state index is -2.39. The summed E-state index contributed by atoms with van der Waals surface area (Å²) in [6.07, 6.45) is -125. The molecule has 0 spiro atoms. The molecule has 12 heterocycles. The van der Waals surface area contributed by atoms with Gasteiger partial charge in [-0.3, -0.25) is 0 Å². The van der Waals surface area contributed by atoms with Gasteiger partial charge in [0.1, 0.15) is 293 Å². The second-order valence-electron chi connectivity index (χ2n) is 33.7. The molecule has 12 saturated heterocycles. The average molecular weight is 1960 g/mol. The molecule has 776 valence electrons. The Morgan fingerprint density at radius 2 is 0.263 bits per heavy atom. The summed E-state index contributed by atoms with van der Waals surface area (Å²) < 4.78 is 130. The molecule has 0 bridgehead atoms. The Bertz CT molecular complexity index is 3440. The zero-order valence-electron chi connectivity index (χ0n) is 69.5. The van der Waals surface area contributed by atoms with Crippen LogP contribution in [0.4, 0.5) is 0 Å². The van der Waals surface area contributed by atoms with Gasteiger partial charge in [-0.05, 0) is 0 Å². The summed E-state index contributed by atoms with van der Waals surface area (Å²) in [6.45, 7) is -12.9. The number of hydrogen-bond donors (Lipinski definition) is 38. The molecule has 38 N–H and O–H groups in total. The number of rotatable bonds is 34. The van der Waals surface area contributed by atoms with E-state index in [0.717, 1.165) is 0 Å². The molecule has 0 radical (unpaired) electrons. The van der Waals surface area contributed by atoms with Crippen LogP contribution in [-0.2, 0) is 109 Å². The SMILES string of the molecule is OC[C@H]1O[C@H](OC[C@H]2O[C@H](O[C@H]3[C@H](O)[C@@H](O)[C@@H](O[C@H]4[C@H](O)[C@@H](O)[C@@H](O[C@H]5[C@H](O)[C@@H](O)[C@@H](O[C@H]6[C@H](O)[C@@H](O)[C@@H](O[C@H]7[C@H](O)[C@@H](O)[C@@H](O[C@H]8[C@H](O)[C@@H](O)[C@@H](O[C@H]9[C@H](O)[C@@H](O)[C@@H](O[C@H]%10[C@H](O)[C@@H](O)C(O)O[C@@H]%10CO)O[C@@H]9CO[C@H]9O[C@H](CO)[C@@H](O)[C@H](O)[C@H]9O)O[C@@H]8CO)O[C@@H]7CO)O[C@@H]6CO)O[C@@H]5CO)O[C@@H]4CO)O[C@@H]3CO)[C@H](O)[C@@H](O)[C@@H]2O[C@H]2O[C@H](CO)[C@@H](O)[C@H](O)[C@H]2O)[C@H](O)[C@@H](O)[C@@H]1O. The lowest BCUT2D eigenvalue weighted by Gasteiger charge is -2.50. The van der Waals surface area contributed by atoms with E-state index < -0.39 is 448 Å². The lowest BCUT2D eigenvalue weighted by Crippen LogP contribution is -2.68. The molecular weight excluding hydrogens is 1840 g/mol. The van der Waals surface area contributed by atoms with Crippen LogP contribution in [0.5, 0.6) is 0 Å². The van der Waals surface area contributed by atoms with Crippen LogP contribution in [-0.4, -0.2) is 642 Å². The third-order valence-electron chi connectivity index (χ3n) is 25.1. The van der Waals surface area contributed by atoms with Gasteiger partial charge in [-0.15, -0.1) is 0 Å². The van der Waals surface area contributed by atoms with Gasteiger partial charge >= 0.3 is 0 Å². The van der Waals surface area contributed by atoms with Crippen molar-refractivity contribution in [1.29, 1.82) is 0 Å². The molecule has 61 nitrogen and oxygen atoms in total. The van der Waals surface area contributed by atoms with Gasteiger partial charge in [0, 0.05) is 0 Å². The standard InChI is InChI=1S/C72H122O61/c73-1-13-25(83)28(86)41(99)62(114-13)111-11-23-59(132-64-43(101)30(88)27(85)15(3-75)116-64)38(96)51(109)72(124-23)131-58-22(10-82)121-69(48(106)36(58)94)129-56-20(8-80)119-67(46(104)34(56)92)127-54-18(6-78)117-65(44(102)32(54)90)126-53-17(5-77)118-66(45(103)33(53)91)128-55-19(7-79)120-68(47(105)35(55)93)130-57-21(9-81)122-70(49(107)37(57)95)133-60-24(12-112-63-42(100)29(87)26(84)14(2-74)115-63)123-71(50(108)39(60)97)125-52-16(4-76)113-61(110)40(98)31(52)89/h13-110H,1-12H2/t13-,14-,15-,16-,17-,18-,19-,20-,21-,22-,23-,24-,25-,26-,27-,28+,29+,30+,31-,32-,33-,34-,35-,36-,37-,38-,39-,40-,41-,42-,43-,44-,45-,46-,47-,48-,49-,50-,51-,52-,53-,54-,55-,56-,57-,58-,59-,60-,61?,62+,63+,64-,65-,66-,67-,68-,69-,70-,71-,72-/m1/s1. The summed E-state index contributed by atoms with van der Waals surface area (Å²) in [5.74, 6) is 0. The highest BCUT2D eigenvalue weighted by Gasteiger charge is 2.63. The summed E-state index contributed by atoms with van der Waals surface area (Å²) in [4.78, 5) is 0. The van der Waals surface area contributed by atoms with Gasteiger partial charge in [0.2, 0.25) is 0 Å². The Morgan fingerprint density at radius 1 is 0.128 bits per heavy atom. The van der Waals surface area contributed by atoms with Crippen LogP contribution in [0.3, 0.4) is 0 Å². The van der Waals surface area contributed by atoms with Crippen LogP contribution in [0.2, 0.25) is 0 Å². The van der Waals surface area contributed by atoms with E-state index in [1.54, 1.807) is 0 Å². The topological polar surface area (TPSA) is 981 Å². The first kappa shape index (κ1) is 109. The fourth-order valence-electron chi connectivity index (χ4n) is 17.2. The van der Waals surface area contributed by atoms with Crippen molar-refractivity contribution in [2.24, 2.45) is 0 Å². The van der Waals surface area contributed by atoms with Crippen LogP contribution in [0.25, 0.3) is 0 Å². The summed E-state index contributed by atoms with van der Waals surface area (Å²) in [6, 6.07) is 0. The molecular formula is C72H122O61. The first-order chi connectivity index (χ1) is 63.1. The molecule has 0 aromatic heterocycles. The molecule has 61 heteroatoms. The molecule has 0 amide bonds. The second kappa shape index (κ2) is 47.4. The van der Waals surface area contributed by atoms with Crippen molar-refractivity contribution in [2.75, 3.05) is 79.3 Å². The highest BCUT2D eigenvalue weighted by Crippen LogP contribution is 2.42.